The second kappa shape index (κ2) is 10.1. The van der Waals surface area contributed by atoms with Crippen molar-refractivity contribution in [3.63, 3.8) is 0 Å². The summed E-state index contributed by atoms with van der Waals surface area (Å²) in [7, 11) is 1.66. The molecule has 3 rings (SSSR count). The summed E-state index contributed by atoms with van der Waals surface area (Å²) < 4.78 is 12.9. The monoisotopic (exact) mass is 434 g/mol. The number of aliphatic hydroxyl groups excluding tert-OH is 1. The lowest BCUT2D eigenvalue weighted by Crippen LogP contribution is -2.20. The van der Waals surface area contributed by atoms with Gasteiger partial charge in [0.05, 0.1) is 23.7 Å². The van der Waals surface area contributed by atoms with Gasteiger partial charge in [-0.3, -0.25) is 4.79 Å². The second-order valence-electron chi connectivity index (χ2n) is 6.53. The number of hydrogen-bond donors (Lipinski definition) is 1. The van der Waals surface area contributed by atoms with E-state index < -0.39 is 6.10 Å². The van der Waals surface area contributed by atoms with E-state index in [2.05, 4.69) is 9.55 Å². The third-order valence-electron chi connectivity index (χ3n) is 4.30. The molecule has 1 unspecified atom stereocenters. The van der Waals surface area contributed by atoms with Crippen LogP contribution in [0.1, 0.15) is 17.3 Å². The van der Waals surface area contributed by atoms with Crippen LogP contribution in [0.25, 0.3) is 11.0 Å². The van der Waals surface area contributed by atoms with Crippen LogP contribution in [0.15, 0.2) is 47.6 Å². The molecule has 3 aromatic rings. The van der Waals surface area contributed by atoms with Crippen LogP contribution in [0.2, 0.25) is 5.02 Å². The SMILES string of the molecule is COCCn1c(SCC(O)COc2ccc(C(C)=O)cc2)nc2cc(Cl)ccc21. The molecule has 29 heavy (non-hydrogen) atoms. The van der Waals surface area contributed by atoms with Crippen molar-refractivity contribution in [3.8, 4) is 5.75 Å². The number of ketones is 1. The predicted octanol–water partition coefficient (Wildman–Crippen LogP) is 4.07. The lowest BCUT2D eigenvalue weighted by atomic mass is 10.1. The number of carbonyl (C=O) groups is 1. The van der Waals surface area contributed by atoms with E-state index in [4.69, 9.17) is 21.1 Å². The van der Waals surface area contributed by atoms with Crippen molar-refractivity contribution in [2.24, 2.45) is 0 Å². The summed E-state index contributed by atoms with van der Waals surface area (Å²) in [5.41, 5.74) is 2.42. The average Bonchev–Trinajstić information content (AvgIpc) is 3.05. The first-order valence-electron chi connectivity index (χ1n) is 9.17. The summed E-state index contributed by atoms with van der Waals surface area (Å²) in [5, 5.41) is 11.7. The van der Waals surface area contributed by atoms with E-state index in [1.807, 2.05) is 18.2 Å². The minimum absolute atomic E-state index is 0.00522. The van der Waals surface area contributed by atoms with Crippen LogP contribution in [-0.4, -0.2) is 52.6 Å². The van der Waals surface area contributed by atoms with Crippen LogP contribution < -0.4 is 4.74 Å². The third kappa shape index (κ3) is 5.73. The topological polar surface area (TPSA) is 73.6 Å². The molecular weight excluding hydrogens is 412 g/mol. The van der Waals surface area contributed by atoms with Gasteiger partial charge in [0.15, 0.2) is 10.9 Å². The Morgan fingerprint density at radius 3 is 2.72 bits per heavy atom. The molecule has 0 amide bonds. The van der Waals surface area contributed by atoms with Gasteiger partial charge in [-0.1, -0.05) is 23.4 Å². The molecule has 0 bridgehead atoms. The molecule has 0 spiro atoms. The molecule has 1 atom stereocenters. The number of imidazole rings is 1. The zero-order valence-corrected chi connectivity index (χ0v) is 17.9. The first-order valence-corrected chi connectivity index (χ1v) is 10.5. The molecular formula is C21H23ClN2O4S. The van der Waals surface area contributed by atoms with E-state index in [1.54, 1.807) is 31.4 Å². The van der Waals surface area contributed by atoms with Crippen molar-refractivity contribution in [1.29, 1.82) is 0 Å². The number of methoxy groups -OCH3 is 1. The van der Waals surface area contributed by atoms with E-state index >= 15 is 0 Å². The highest BCUT2D eigenvalue weighted by Crippen LogP contribution is 2.27. The van der Waals surface area contributed by atoms with Crippen LogP contribution in [0, 0.1) is 0 Å². The molecule has 6 nitrogen and oxygen atoms in total. The van der Waals surface area contributed by atoms with E-state index in [-0.39, 0.29) is 12.4 Å². The number of nitrogens with zero attached hydrogens (tertiary/aromatic N) is 2. The van der Waals surface area contributed by atoms with E-state index in [0.29, 0.717) is 35.2 Å². The van der Waals surface area contributed by atoms with Gasteiger partial charge >= 0.3 is 0 Å². The minimum atomic E-state index is -0.674. The van der Waals surface area contributed by atoms with Gasteiger partial charge in [-0.15, -0.1) is 0 Å². The molecule has 0 radical (unpaired) electrons. The van der Waals surface area contributed by atoms with Crippen LogP contribution in [-0.2, 0) is 11.3 Å². The zero-order chi connectivity index (χ0) is 20.8. The van der Waals surface area contributed by atoms with Crippen molar-refractivity contribution in [2.45, 2.75) is 24.7 Å². The fourth-order valence-corrected chi connectivity index (χ4v) is 3.90. The van der Waals surface area contributed by atoms with Gasteiger partial charge in [-0.05, 0) is 49.4 Å². The Bertz CT molecular complexity index is 975. The lowest BCUT2D eigenvalue weighted by molar-refractivity contribution is 0.101. The molecule has 0 saturated carbocycles. The summed E-state index contributed by atoms with van der Waals surface area (Å²) >= 11 is 7.54. The Labute approximate surface area is 178 Å². The minimum Gasteiger partial charge on any atom is -0.491 e. The highest BCUT2D eigenvalue weighted by Gasteiger charge is 2.14. The normalized spacial score (nSPS) is 12.3. The lowest BCUT2D eigenvalue weighted by Gasteiger charge is -2.13. The molecule has 0 saturated heterocycles. The fraction of sp³-hybridized carbons (Fsp3) is 0.333. The summed E-state index contributed by atoms with van der Waals surface area (Å²) in [4.78, 5) is 16.0. The van der Waals surface area contributed by atoms with Crippen LogP contribution in [0.4, 0.5) is 0 Å². The molecule has 1 N–H and O–H groups in total. The first kappa shape index (κ1) is 21.6. The van der Waals surface area contributed by atoms with E-state index in [9.17, 15) is 9.90 Å². The molecule has 0 aliphatic carbocycles. The zero-order valence-electron chi connectivity index (χ0n) is 16.3. The van der Waals surface area contributed by atoms with Gasteiger partial charge in [0, 0.05) is 30.0 Å². The molecule has 0 fully saturated rings. The molecule has 0 aliphatic heterocycles. The summed E-state index contributed by atoms with van der Waals surface area (Å²) in [6.07, 6.45) is -0.674. The van der Waals surface area contributed by atoms with Gasteiger partial charge in [0.25, 0.3) is 0 Å². The highest BCUT2D eigenvalue weighted by atomic mass is 35.5. The first-order chi connectivity index (χ1) is 14.0. The third-order valence-corrected chi connectivity index (χ3v) is 5.66. The number of Topliss-reactive ketones (excluding diaryl/α,β-unsaturated/α-hetero) is 1. The van der Waals surface area contributed by atoms with Gasteiger partial charge in [-0.25, -0.2) is 4.98 Å². The maximum absolute atomic E-state index is 11.3. The number of thioether (sulfide) groups is 1. The van der Waals surface area contributed by atoms with Crippen molar-refractivity contribution in [3.05, 3.63) is 53.1 Å². The Balaban J connectivity index is 1.61. The molecule has 0 aliphatic rings. The number of halogens is 1. The largest absolute Gasteiger partial charge is 0.491 e. The second-order valence-corrected chi connectivity index (χ2v) is 7.95. The summed E-state index contributed by atoms with van der Waals surface area (Å²) in [6, 6.07) is 12.5. The Hall–Kier alpha value is -2.06. The number of fused-ring (bicyclic) bond motifs is 1. The van der Waals surface area contributed by atoms with Gasteiger partial charge < -0.3 is 19.1 Å². The van der Waals surface area contributed by atoms with E-state index in [1.165, 1.54) is 18.7 Å². The highest BCUT2D eigenvalue weighted by molar-refractivity contribution is 7.99. The number of aliphatic hydroxyl groups is 1. The predicted molar refractivity (Wildman–Crippen MR) is 115 cm³/mol. The van der Waals surface area contributed by atoms with Gasteiger partial charge in [0.2, 0.25) is 0 Å². The fourth-order valence-electron chi connectivity index (χ4n) is 2.79. The van der Waals surface area contributed by atoms with Crippen molar-refractivity contribution in [2.75, 3.05) is 26.1 Å². The number of hydrogen-bond acceptors (Lipinski definition) is 6. The van der Waals surface area contributed by atoms with Gasteiger partial charge in [-0.2, -0.15) is 0 Å². The summed E-state index contributed by atoms with van der Waals surface area (Å²) in [5.74, 6) is 1.04. The molecule has 2 aromatic carbocycles. The average molecular weight is 435 g/mol. The smallest absolute Gasteiger partial charge is 0.169 e. The Morgan fingerprint density at radius 1 is 1.28 bits per heavy atom. The van der Waals surface area contributed by atoms with Crippen molar-refractivity contribution >= 4 is 40.2 Å². The summed E-state index contributed by atoms with van der Waals surface area (Å²) in [6.45, 7) is 2.89. The van der Waals surface area contributed by atoms with Crippen LogP contribution >= 0.6 is 23.4 Å². The number of carbonyl (C=O) groups excluding carboxylic acids is 1. The standard InChI is InChI=1S/C21H23ClN2O4S/c1-14(25)15-3-6-18(7-4-15)28-12-17(26)13-29-21-23-19-11-16(22)5-8-20(19)24(21)9-10-27-2/h3-8,11,17,26H,9-10,12-13H2,1-2H3. The quantitative estimate of drug-likeness (QED) is 0.383. The Morgan fingerprint density at radius 2 is 2.03 bits per heavy atom. The van der Waals surface area contributed by atoms with E-state index in [0.717, 1.165) is 16.2 Å². The maximum atomic E-state index is 11.3. The van der Waals surface area contributed by atoms with Crippen LogP contribution in [0.3, 0.4) is 0 Å². The molecule has 154 valence electrons. The molecule has 8 heteroatoms. The number of rotatable bonds is 10. The Kier molecular flexibility index (Phi) is 7.55. The number of ether oxygens (including phenoxy) is 2. The number of aromatic nitrogens is 2. The molecule has 1 aromatic heterocycles. The molecule has 1 heterocycles. The van der Waals surface area contributed by atoms with Crippen molar-refractivity contribution in [1.82, 2.24) is 9.55 Å². The number of benzene rings is 2. The maximum Gasteiger partial charge on any atom is 0.169 e. The van der Waals surface area contributed by atoms with Crippen molar-refractivity contribution < 1.29 is 19.4 Å². The van der Waals surface area contributed by atoms with Gasteiger partial charge in [0.1, 0.15) is 12.4 Å². The van der Waals surface area contributed by atoms with Crippen LogP contribution in [0.5, 0.6) is 5.75 Å².